The first-order chi connectivity index (χ1) is 10.9. The van der Waals surface area contributed by atoms with E-state index in [9.17, 15) is 19.2 Å². The molecule has 1 aliphatic heterocycles. The molecule has 0 saturated carbocycles. The molecule has 0 aliphatic carbocycles. The van der Waals surface area contributed by atoms with Crippen LogP contribution in [-0.4, -0.2) is 40.8 Å². The monoisotopic (exact) mass is 338 g/mol. The molecule has 0 unspecified atom stereocenters. The van der Waals surface area contributed by atoms with Gasteiger partial charge in [-0.2, -0.15) is 8.96 Å². The molecule has 0 spiro atoms. The van der Waals surface area contributed by atoms with Gasteiger partial charge in [0.25, 0.3) is 5.56 Å². The number of carbonyl (C=O) groups excluding carboxylic acids is 3. The molecule has 1 fully saturated rings. The van der Waals surface area contributed by atoms with E-state index in [2.05, 4.69) is 9.97 Å². The molecule has 0 bridgehead atoms. The lowest BCUT2D eigenvalue weighted by molar-refractivity contribution is -0.141. The van der Waals surface area contributed by atoms with E-state index in [1.54, 1.807) is 0 Å². The van der Waals surface area contributed by atoms with Gasteiger partial charge in [-0.15, -0.1) is 4.73 Å². The van der Waals surface area contributed by atoms with E-state index >= 15 is 0 Å². The molecule has 2 aromatic rings. The van der Waals surface area contributed by atoms with Crippen LogP contribution in [0.25, 0.3) is 11.2 Å². The number of amides is 2. The molecule has 2 aromatic heterocycles. The molecule has 0 atom stereocenters. The lowest BCUT2D eigenvalue weighted by Crippen LogP contribution is -2.29. The zero-order valence-electron chi connectivity index (χ0n) is 11.8. The summed E-state index contributed by atoms with van der Waals surface area (Å²) in [6.07, 6.45) is 1.26. The molecule has 2 N–H and O–H groups in total. The van der Waals surface area contributed by atoms with Crippen LogP contribution in [0.15, 0.2) is 11.1 Å². The van der Waals surface area contributed by atoms with Crippen LogP contribution in [0.1, 0.15) is 19.8 Å². The predicted octanol–water partition coefficient (Wildman–Crippen LogP) is -1.29. The topological polar surface area (TPSA) is 142 Å². The Morgan fingerprint density at radius 3 is 2.57 bits per heavy atom. The van der Waals surface area contributed by atoms with Crippen molar-refractivity contribution < 1.29 is 19.2 Å². The molecule has 23 heavy (non-hydrogen) atoms. The van der Waals surface area contributed by atoms with Crippen molar-refractivity contribution in [2.45, 2.75) is 19.8 Å². The lowest BCUT2D eigenvalue weighted by atomic mass is 10.4. The maximum Gasteiger partial charge on any atom is 0.330 e. The van der Waals surface area contributed by atoms with E-state index in [4.69, 9.17) is 10.6 Å². The fourth-order valence-electron chi connectivity index (χ4n) is 1.95. The maximum absolute atomic E-state index is 12.4. The smallest absolute Gasteiger partial charge is 0.330 e. The first kappa shape index (κ1) is 15.0. The van der Waals surface area contributed by atoms with Gasteiger partial charge in [-0.05, 0) is 0 Å². The number of fused-ring (bicyclic) bond motifs is 1. The second-order valence-electron chi connectivity index (χ2n) is 4.56. The third kappa shape index (κ3) is 2.52. The van der Waals surface area contributed by atoms with Crippen LogP contribution in [0, 0.1) is 0 Å². The van der Waals surface area contributed by atoms with Crippen molar-refractivity contribution in [2.75, 3.05) is 5.73 Å². The highest BCUT2D eigenvalue weighted by molar-refractivity contribution is 7.96. The van der Waals surface area contributed by atoms with Crippen molar-refractivity contribution in [3.8, 4) is 0 Å². The number of imide groups is 1. The molecule has 0 radical (unpaired) electrons. The average Bonchev–Trinajstić information content (AvgIpc) is 3.00. The Morgan fingerprint density at radius 2 is 1.96 bits per heavy atom. The molecule has 2 amide bonds. The second kappa shape index (κ2) is 5.39. The molecule has 120 valence electrons. The van der Waals surface area contributed by atoms with E-state index in [1.165, 1.54) is 6.92 Å². The molecule has 3 heterocycles. The van der Waals surface area contributed by atoms with Crippen LogP contribution in [-0.2, 0) is 14.4 Å². The number of rotatable bonds is 3. The van der Waals surface area contributed by atoms with E-state index in [0.717, 1.165) is 19.3 Å². The number of nitrogens with two attached hydrogens (primary N) is 1. The minimum atomic E-state index is -0.684. The van der Waals surface area contributed by atoms with Crippen LogP contribution in [0.5, 0.6) is 0 Å². The van der Waals surface area contributed by atoms with Crippen LogP contribution in [0.4, 0.5) is 5.95 Å². The molecule has 1 aliphatic rings. The SMILES string of the molecule is CC(=O)On1cnc2c(=O)n(SN3C(=O)CCC3=O)c(N)nc21. The Bertz CT molecular complexity index is 886. The summed E-state index contributed by atoms with van der Waals surface area (Å²) in [5.41, 5.74) is 4.87. The molecule has 0 aromatic carbocycles. The number of imidazole rings is 1. The van der Waals surface area contributed by atoms with Gasteiger partial charge in [-0.3, -0.25) is 14.4 Å². The van der Waals surface area contributed by atoms with Crippen LogP contribution in [0.2, 0.25) is 0 Å². The van der Waals surface area contributed by atoms with Crippen LogP contribution >= 0.6 is 12.1 Å². The Balaban J connectivity index is 2.05. The third-order valence-electron chi connectivity index (χ3n) is 2.92. The van der Waals surface area contributed by atoms with Crippen LogP contribution < -0.4 is 16.1 Å². The minimum absolute atomic E-state index is 0.0429. The van der Waals surface area contributed by atoms with Crippen molar-refractivity contribution in [1.82, 2.24) is 23.0 Å². The van der Waals surface area contributed by atoms with E-state index < -0.39 is 23.3 Å². The van der Waals surface area contributed by atoms with Crippen LogP contribution in [0.3, 0.4) is 0 Å². The zero-order valence-corrected chi connectivity index (χ0v) is 12.6. The summed E-state index contributed by atoms with van der Waals surface area (Å²) in [4.78, 5) is 59.2. The van der Waals surface area contributed by atoms with Crippen molar-refractivity contribution >= 4 is 47.0 Å². The number of hydrogen-bond acceptors (Lipinski definition) is 9. The Kier molecular flexibility index (Phi) is 3.52. The molecule has 1 saturated heterocycles. The Hall–Kier alpha value is -2.89. The van der Waals surface area contributed by atoms with Crippen molar-refractivity contribution in [3.63, 3.8) is 0 Å². The molecule has 3 rings (SSSR count). The highest BCUT2D eigenvalue weighted by Gasteiger charge is 2.32. The van der Waals surface area contributed by atoms with E-state index in [-0.39, 0.29) is 30.0 Å². The van der Waals surface area contributed by atoms with Gasteiger partial charge in [0.1, 0.15) is 6.33 Å². The number of anilines is 1. The fourth-order valence-corrected chi connectivity index (χ4v) is 2.76. The van der Waals surface area contributed by atoms with Gasteiger partial charge >= 0.3 is 5.97 Å². The summed E-state index contributed by atoms with van der Waals surface area (Å²) in [7, 11) is 0. The molecule has 11 nitrogen and oxygen atoms in total. The van der Waals surface area contributed by atoms with Crippen molar-refractivity contribution in [1.29, 1.82) is 0 Å². The molecule has 12 heteroatoms. The predicted molar refractivity (Wildman–Crippen MR) is 77.5 cm³/mol. The fraction of sp³-hybridized carbons (Fsp3) is 0.273. The average molecular weight is 338 g/mol. The minimum Gasteiger partial charge on any atom is -0.368 e. The Morgan fingerprint density at radius 1 is 1.30 bits per heavy atom. The quantitative estimate of drug-likeness (QED) is 0.534. The summed E-state index contributed by atoms with van der Waals surface area (Å²) < 4.78 is 2.65. The normalized spacial score (nSPS) is 14.7. The number of aromatic nitrogens is 4. The molecular weight excluding hydrogens is 328 g/mol. The van der Waals surface area contributed by atoms with Crippen molar-refractivity contribution in [3.05, 3.63) is 16.7 Å². The standard InChI is InChI=1S/C11H10N6O5S/c1-5(18)22-15-4-13-8-9(15)14-11(12)17(10(8)21)23-16-6(19)2-3-7(16)20/h4H,2-3H2,1H3,(H2,12,14). The first-order valence-electron chi connectivity index (χ1n) is 6.37. The summed E-state index contributed by atoms with van der Waals surface area (Å²) in [6.45, 7) is 1.18. The number of carbonyl (C=O) groups is 3. The van der Waals surface area contributed by atoms with E-state index in [1.807, 2.05) is 0 Å². The van der Waals surface area contributed by atoms with Gasteiger partial charge in [-0.25, -0.2) is 14.1 Å². The van der Waals surface area contributed by atoms with Crippen molar-refractivity contribution in [2.24, 2.45) is 0 Å². The number of hydrogen-bond donors (Lipinski definition) is 1. The van der Waals surface area contributed by atoms with Gasteiger partial charge in [0, 0.05) is 19.8 Å². The third-order valence-corrected chi connectivity index (χ3v) is 4.01. The highest BCUT2D eigenvalue weighted by atomic mass is 32.2. The summed E-state index contributed by atoms with van der Waals surface area (Å²) in [5.74, 6) is -1.74. The van der Waals surface area contributed by atoms with Gasteiger partial charge < -0.3 is 10.6 Å². The highest BCUT2D eigenvalue weighted by Crippen LogP contribution is 2.23. The second-order valence-corrected chi connectivity index (χ2v) is 5.45. The lowest BCUT2D eigenvalue weighted by Gasteiger charge is -2.14. The zero-order chi connectivity index (χ0) is 16.7. The summed E-state index contributed by atoms with van der Waals surface area (Å²) >= 11 is 0.553. The maximum atomic E-state index is 12.4. The summed E-state index contributed by atoms with van der Waals surface area (Å²) in [6, 6.07) is 0. The largest absolute Gasteiger partial charge is 0.368 e. The van der Waals surface area contributed by atoms with Gasteiger partial charge in [-0.1, -0.05) is 0 Å². The molecular formula is C11H10N6O5S. The van der Waals surface area contributed by atoms with Gasteiger partial charge in [0.05, 0.1) is 12.1 Å². The number of nitrogens with zero attached hydrogens (tertiary/aromatic N) is 5. The van der Waals surface area contributed by atoms with Gasteiger partial charge in [0.15, 0.2) is 5.52 Å². The van der Waals surface area contributed by atoms with E-state index in [0.29, 0.717) is 12.1 Å². The first-order valence-corrected chi connectivity index (χ1v) is 7.10. The Labute approximate surface area is 132 Å². The number of nitrogen functional groups attached to an aromatic ring is 1. The van der Waals surface area contributed by atoms with Gasteiger partial charge in [0.2, 0.25) is 23.4 Å². The summed E-state index contributed by atoms with van der Waals surface area (Å²) in [5, 5.41) is 0.